The fourth-order valence-corrected chi connectivity index (χ4v) is 5.01. The lowest BCUT2D eigenvalue weighted by atomic mass is 9.85. The highest BCUT2D eigenvalue weighted by molar-refractivity contribution is 6.01. The zero-order valence-electron chi connectivity index (χ0n) is 22.7. The second kappa shape index (κ2) is 12.6. The first-order chi connectivity index (χ1) is 20.0. The van der Waals surface area contributed by atoms with Crippen molar-refractivity contribution in [2.45, 2.75) is 38.0 Å². The monoisotopic (exact) mass is 549 g/mol. The van der Waals surface area contributed by atoms with Crippen molar-refractivity contribution < 1.29 is 19.4 Å². The molecule has 2 N–H and O–H groups in total. The minimum Gasteiger partial charge on any atom is -0.494 e. The molecular weight excluding hydrogens is 518 g/mol. The van der Waals surface area contributed by atoms with Gasteiger partial charge in [-0.05, 0) is 58.6 Å². The van der Waals surface area contributed by atoms with Gasteiger partial charge in [0.05, 0.1) is 6.61 Å². The summed E-state index contributed by atoms with van der Waals surface area (Å²) in [4.78, 5) is 22.0. The number of azide groups is 1. The maximum Gasteiger partial charge on any atom is 0.252 e. The minimum absolute atomic E-state index is 0.0636. The van der Waals surface area contributed by atoms with E-state index in [0.29, 0.717) is 48.0 Å². The van der Waals surface area contributed by atoms with E-state index in [1.807, 2.05) is 73.7 Å². The van der Waals surface area contributed by atoms with Gasteiger partial charge < -0.3 is 19.9 Å². The third-order valence-electron chi connectivity index (χ3n) is 7.25. The maximum atomic E-state index is 14.1. The summed E-state index contributed by atoms with van der Waals surface area (Å²) in [6.45, 7) is 2.62. The van der Waals surface area contributed by atoms with Crippen LogP contribution in [0.4, 0.5) is 5.69 Å². The fourth-order valence-electron chi connectivity index (χ4n) is 5.01. The second-order valence-electron chi connectivity index (χ2n) is 9.87. The van der Waals surface area contributed by atoms with Crippen LogP contribution in [0.3, 0.4) is 0 Å². The van der Waals surface area contributed by atoms with E-state index in [9.17, 15) is 4.79 Å². The molecule has 0 radical (unpaired) electrons. The number of hydrogen-bond acceptors (Lipinski definition) is 6. The number of rotatable bonds is 11. The molecule has 1 aliphatic heterocycles. The van der Waals surface area contributed by atoms with E-state index in [2.05, 4.69) is 15.3 Å². The van der Waals surface area contributed by atoms with Crippen molar-refractivity contribution in [2.75, 3.05) is 13.2 Å². The van der Waals surface area contributed by atoms with E-state index in [1.165, 1.54) is 0 Å². The number of ether oxygens (including phenoxy) is 2. The molecule has 4 aromatic carbocycles. The van der Waals surface area contributed by atoms with Gasteiger partial charge in [-0.15, -0.1) is 0 Å². The zero-order valence-corrected chi connectivity index (χ0v) is 22.7. The van der Waals surface area contributed by atoms with Gasteiger partial charge in [-0.1, -0.05) is 71.8 Å². The fraction of sp³-hybridized carbons (Fsp3) is 0.250. The molecular formula is C32H31N5O4. The van der Waals surface area contributed by atoms with Crippen LogP contribution in [0.5, 0.6) is 5.75 Å². The first-order valence-electron chi connectivity index (χ1n) is 13.5. The van der Waals surface area contributed by atoms with Gasteiger partial charge >= 0.3 is 0 Å². The zero-order chi connectivity index (χ0) is 28.7. The van der Waals surface area contributed by atoms with Crippen LogP contribution in [-0.2, 0) is 22.5 Å². The van der Waals surface area contributed by atoms with Crippen LogP contribution in [0.25, 0.3) is 21.2 Å². The number of carbonyl (C=O) groups excluding carboxylic acids is 1. The molecule has 1 heterocycles. The molecule has 41 heavy (non-hydrogen) atoms. The van der Waals surface area contributed by atoms with Gasteiger partial charge in [-0.25, -0.2) is 4.99 Å². The summed E-state index contributed by atoms with van der Waals surface area (Å²) in [6, 6.07) is 28.5. The molecule has 0 fully saturated rings. The van der Waals surface area contributed by atoms with Crippen molar-refractivity contribution >= 4 is 28.3 Å². The molecule has 5 rings (SSSR count). The third-order valence-corrected chi connectivity index (χ3v) is 7.25. The number of aliphatic hydroxyl groups is 1. The summed E-state index contributed by atoms with van der Waals surface area (Å²) in [5, 5.41) is 18.1. The third kappa shape index (κ3) is 6.01. The van der Waals surface area contributed by atoms with Gasteiger partial charge in [0.1, 0.15) is 11.9 Å². The van der Waals surface area contributed by atoms with Crippen LogP contribution in [0.15, 0.2) is 101 Å². The minimum atomic E-state index is -1.31. The largest absolute Gasteiger partial charge is 0.494 e. The number of amides is 1. The molecule has 0 unspecified atom stereocenters. The second-order valence-corrected chi connectivity index (χ2v) is 9.87. The highest BCUT2D eigenvalue weighted by Gasteiger charge is 2.50. The summed E-state index contributed by atoms with van der Waals surface area (Å²) >= 11 is 0. The van der Waals surface area contributed by atoms with Crippen molar-refractivity contribution in [2.24, 2.45) is 10.1 Å². The van der Waals surface area contributed by atoms with Gasteiger partial charge in [0.2, 0.25) is 5.90 Å². The first kappa shape index (κ1) is 27.7. The molecule has 0 saturated heterocycles. The molecule has 208 valence electrons. The van der Waals surface area contributed by atoms with E-state index in [4.69, 9.17) is 25.1 Å². The molecule has 0 aliphatic carbocycles. The Morgan fingerprint density at radius 1 is 1.05 bits per heavy atom. The van der Waals surface area contributed by atoms with Gasteiger partial charge in [0, 0.05) is 42.2 Å². The van der Waals surface area contributed by atoms with E-state index >= 15 is 0 Å². The van der Waals surface area contributed by atoms with Crippen LogP contribution in [0.2, 0.25) is 0 Å². The van der Waals surface area contributed by atoms with Crippen molar-refractivity contribution in [1.29, 1.82) is 0 Å². The van der Waals surface area contributed by atoms with Crippen LogP contribution in [-0.4, -0.2) is 41.8 Å². The summed E-state index contributed by atoms with van der Waals surface area (Å²) < 4.78 is 11.9. The molecule has 9 nitrogen and oxygen atoms in total. The number of nitrogens with zero attached hydrogens (tertiary/aromatic N) is 4. The number of fused-ring (bicyclic) bond motifs is 1. The first-order valence-corrected chi connectivity index (χ1v) is 13.5. The summed E-state index contributed by atoms with van der Waals surface area (Å²) in [6.07, 6.45) is 0.115. The molecule has 1 aliphatic rings. The molecule has 4 aromatic rings. The van der Waals surface area contributed by atoms with Crippen molar-refractivity contribution in [3.8, 4) is 5.75 Å². The summed E-state index contributed by atoms with van der Waals surface area (Å²) in [5.41, 5.74) is 10.6. The Morgan fingerprint density at radius 3 is 2.59 bits per heavy atom. The van der Waals surface area contributed by atoms with E-state index in [1.54, 1.807) is 24.3 Å². The lowest BCUT2D eigenvalue weighted by Crippen LogP contribution is -2.52. The molecule has 0 bridgehead atoms. The Hall–Kier alpha value is -4.85. The van der Waals surface area contributed by atoms with Crippen LogP contribution in [0.1, 0.15) is 30.0 Å². The summed E-state index contributed by atoms with van der Waals surface area (Å²) in [7, 11) is 0. The van der Waals surface area contributed by atoms with Gasteiger partial charge in [0.15, 0.2) is 5.54 Å². The van der Waals surface area contributed by atoms with Gasteiger partial charge in [-0.3, -0.25) is 4.79 Å². The maximum absolute atomic E-state index is 14.1. The smallest absolute Gasteiger partial charge is 0.252 e. The lowest BCUT2D eigenvalue weighted by molar-refractivity contribution is -0.128. The van der Waals surface area contributed by atoms with E-state index < -0.39 is 11.6 Å². The SMILES string of the molecule is C[C@H]1OC(c2ccc(OCCCO)cc2)=N[C@@]1(Cc1ccccc1N=[N+]=[N-])C(=O)NCc1cccc2ccccc12. The number of hydrogen-bond donors (Lipinski definition) is 2. The molecule has 2 atom stereocenters. The van der Waals surface area contributed by atoms with E-state index in [-0.39, 0.29) is 18.9 Å². The average molecular weight is 550 g/mol. The average Bonchev–Trinajstić information content (AvgIpc) is 3.34. The Kier molecular flexibility index (Phi) is 8.48. The predicted molar refractivity (Wildman–Crippen MR) is 158 cm³/mol. The van der Waals surface area contributed by atoms with Gasteiger partial charge in [0.25, 0.3) is 5.91 Å². The molecule has 0 spiro atoms. The number of aliphatic hydroxyl groups excluding tert-OH is 1. The highest BCUT2D eigenvalue weighted by Crippen LogP contribution is 2.35. The normalized spacial score (nSPS) is 17.8. The van der Waals surface area contributed by atoms with Crippen LogP contribution >= 0.6 is 0 Å². The van der Waals surface area contributed by atoms with Crippen LogP contribution < -0.4 is 10.1 Å². The highest BCUT2D eigenvalue weighted by atomic mass is 16.5. The molecule has 0 aromatic heterocycles. The predicted octanol–water partition coefficient (Wildman–Crippen LogP) is 6.01. The summed E-state index contributed by atoms with van der Waals surface area (Å²) in [5.74, 6) is 0.727. The number of carbonyl (C=O) groups is 1. The Balaban J connectivity index is 1.47. The van der Waals surface area contributed by atoms with Crippen molar-refractivity contribution in [3.05, 3.63) is 118 Å². The standard InChI is InChI=1S/C32H31N5O4/c1-22-32(20-25-9-3-5-13-29(25)36-37-33,31(39)34-21-26-11-6-10-23-8-2-4-12-28(23)26)35-30(41-22)24-14-16-27(17-15-24)40-19-7-18-38/h2-6,8-17,22,38H,7,18-21H2,1H3,(H,34,39)/t22-,32-/m1/s1. The Morgan fingerprint density at radius 2 is 1.78 bits per heavy atom. The number of aliphatic imine (C=N–C) groups is 1. The Bertz CT molecular complexity index is 1610. The molecule has 1 amide bonds. The topological polar surface area (TPSA) is 129 Å². The quantitative estimate of drug-likeness (QED) is 0.103. The molecule has 0 saturated carbocycles. The number of nitrogens with one attached hydrogen (secondary N) is 1. The van der Waals surface area contributed by atoms with E-state index in [0.717, 1.165) is 16.3 Å². The van der Waals surface area contributed by atoms with Gasteiger partial charge in [-0.2, -0.15) is 0 Å². The van der Waals surface area contributed by atoms with Crippen molar-refractivity contribution in [1.82, 2.24) is 5.32 Å². The number of benzene rings is 4. The van der Waals surface area contributed by atoms with Crippen molar-refractivity contribution in [3.63, 3.8) is 0 Å². The lowest BCUT2D eigenvalue weighted by Gasteiger charge is -2.29. The Labute approximate surface area is 238 Å². The van der Waals surface area contributed by atoms with Crippen LogP contribution in [0, 0.1) is 0 Å². The molecule has 9 heteroatoms.